The van der Waals surface area contributed by atoms with Crippen LogP contribution in [0.15, 0.2) is 4.47 Å². The lowest BCUT2D eigenvalue weighted by atomic mass is 10.00. The first-order valence-electron chi connectivity index (χ1n) is 7.21. The summed E-state index contributed by atoms with van der Waals surface area (Å²) in [4.78, 5) is 17.7. The minimum atomic E-state index is -2.77. The Balaban J connectivity index is 2.46. The standard InChI is InChI=1S/C15H19BrF2N2O3/c1-7(2)23-14(22)13(21)10-8(3)19-9(4)11(16)12(10)20-5-15(17,18)6-20/h7,13,21H,5-6H2,1-4H3. The van der Waals surface area contributed by atoms with Crippen molar-refractivity contribution in [3.63, 3.8) is 0 Å². The minimum Gasteiger partial charge on any atom is -0.461 e. The SMILES string of the molecule is Cc1nc(C)c(C(O)C(=O)OC(C)C)c(N2CC(F)(F)C2)c1Br. The van der Waals surface area contributed by atoms with Crippen LogP contribution in [-0.4, -0.2) is 41.2 Å². The summed E-state index contributed by atoms with van der Waals surface area (Å²) in [5.41, 5.74) is 1.57. The maximum atomic E-state index is 13.2. The van der Waals surface area contributed by atoms with Gasteiger partial charge in [0, 0.05) is 11.3 Å². The Morgan fingerprint density at radius 3 is 2.39 bits per heavy atom. The molecule has 1 unspecified atom stereocenters. The van der Waals surface area contributed by atoms with Gasteiger partial charge in [-0.15, -0.1) is 0 Å². The van der Waals surface area contributed by atoms with Gasteiger partial charge >= 0.3 is 5.97 Å². The van der Waals surface area contributed by atoms with E-state index in [0.29, 0.717) is 21.5 Å². The number of aromatic nitrogens is 1. The number of ether oxygens (including phenoxy) is 1. The van der Waals surface area contributed by atoms with Gasteiger partial charge in [0.1, 0.15) is 0 Å². The molecule has 0 radical (unpaired) electrons. The topological polar surface area (TPSA) is 62.7 Å². The van der Waals surface area contributed by atoms with Crippen molar-refractivity contribution in [2.45, 2.75) is 45.8 Å². The van der Waals surface area contributed by atoms with Crippen LogP contribution >= 0.6 is 15.9 Å². The summed E-state index contributed by atoms with van der Waals surface area (Å²) in [7, 11) is 0. The maximum Gasteiger partial charge on any atom is 0.340 e. The maximum absolute atomic E-state index is 13.2. The first-order chi connectivity index (χ1) is 10.5. The third-order valence-electron chi connectivity index (χ3n) is 3.52. The second-order valence-electron chi connectivity index (χ2n) is 5.96. The number of alkyl halides is 2. The summed E-state index contributed by atoms with van der Waals surface area (Å²) in [6, 6.07) is 0. The van der Waals surface area contributed by atoms with E-state index in [-0.39, 0.29) is 5.56 Å². The minimum absolute atomic E-state index is 0.198. The third-order valence-corrected chi connectivity index (χ3v) is 4.46. The van der Waals surface area contributed by atoms with E-state index in [1.807, 2.05) is 0 Å². The van der Waals surface area contributed by atoms with E-state index < -0.39 is 37.2 Å². The Kier molecular flexibility index (Phi) is 4.96. The van der Waals surface area contributed by atoms with Crippen LogP contribution in [0.25, 0.3) is 0 Å². The molecule has 1 saturated heterocycles. The van der Waals surface area contributed by atoms with Crippen LogP contribution in [0.3, 0.4) is 0 Å². The van der Waals surface area contributed by atoms with E-state index in [9.17, 15) is 18.7 Å². The van der Waals surface area contributed by atoms with Crippen molar-refractivity contribution in [3.05, 3.63) is 21.4 Å². The summed E-state index contributed by atoms with van der Waals surface area (Å²) in [6.45, 7) is 5.75. The van der Waals surface area contributed by atoms with Crippen LogP contribution in [0.4, 0.5) is 14.5 Å². The normalized spacial score (nSPS) is 17.9. The van der Waals surface area contributed by atoms with Crippen molar-refractivity contribution in [2.24, 2.45) is 0 Å². The number of rotatable bonds is 4. The van der Waals surface area contributed by atoms with Crippen LogP contribution in [0.2, 0.25) is 0 Å². The van der Waals surface area contributed by atoms with E-state index in [2.05, 4.69) is 20.9 Å². The summed E-state index contributed by atoms with van der Waals surface area (Å²) >= 11 is 3.33. The van der Waals surface area contributed by atoms with Crippen LogP contribution in [-0.2, 0) is 9.53 Å². The molecule has 2 heterocycles. The Morgan fingerprint density at radius 1 is 1.35 bits per heavy atom. The highest BCUT2D eigenvalue weighted by Crippen LogP contribution is 2.42. The van der Waals surface area contributed by atoms with Gasteiger partial charge in [0.05, 0.1) is 35.0 Å². The average Bonchev–Trinajstić information content (AvgIpc) is 2.38. The van der Waals surface area contributed by atoms with Gasteiger partial charge < -0.3 is 14.7 Å². The number of carbonyl (C=O) groups is 1. The fourth-order valence-corrected chi connectivity index (χ4v) is 3.10. The zero-order valence-corrected chi connectivity index (χ0v) is 14.9. The number of aryl methyl sites for hydroxylation is 2. The fraction of sp³-hybridized carbons (Fsp3) is 0.600. The zero-order chi connectivity index (χ0) is 17.5. The Labute approximate surface area is 141 Å². The number of carbonyl (C=O) groups excluding carboxylic acids is 1. The summed E-state index contributed by atoms with van der Waals surface area (Å²) in [6.07, 6.45) is -1.97. The van der Waals surface area contributed by atoms with Gasteiger partial charge in [0.25, 0.3) is 5.92 Å². The van der Waals surface area contributed by atoms with E-state index in [1.54, 1.807) is 27.7 Å². The molecule has 1 fully saturated rings. The van der Waals surface area contributed by atoms with Gasteiger partial charge in [-0.3, -0.25) is 4.98 Å². The van der Waals surface area contributed by atoms with Crippen LogP contribution in [0.1, 0.15) is 36.9 Å². The third kappa shape index (κ3) is 3.63. The number of hydrogen-bond donors (Lipinski definition) is 1. The molecule has 0 bridgehead atoms. The Morgan fingerprint density at radius 2 is 1.91 bits per heavy atom. The van der Waals surface area contributed by atoms with Crippen molar-refractivity contribution in [1.82, 2.24) is 4.98 Å². The molecule has 5 nitrogen and oxygen atoms in total. The van der Waals surface area contributed by atoms with Gasteiger partial charge in [-0.2, -0.15) is 0 Å². The first-order valence-corrected chi connectivity index (χ1v) is 8.00. The lowest BCUT2D eigenvalue weighted by Gasteiger charge is -2.42. The second-order valence-corrected chi connectivity index (χ2v) is 6.75. The summed E-state index contributed by atoms with van der Waals surface area (Å²) < 4.78 is 32.0. The number of aliphatic hydroxyl groups excluding tert-OH is 1. The highest BCUT2D eigenvalue weighted by molar-refractivity contribution is 9.10. The van der Waals surface area contributed by atoms with Gasteiger partial charge in [-0.25, -0.2) is 13.6 Å². The molecule has 0 saturated carbocycles. The number of halogens is 3. The van der Waals surface area contributed by atoms with Gasteiger partial charge in [0.15, 0.2) is 6.10 Å². The first kappa shape index (κ1) is 18.1. The van der Waals surface area contributed by atoms with Crippen molar-refractivity contribution in [3.8, 4) is 0 Å². The lowest BCUT2D eigenvalue weighted by molar-refractivity contribution is -0.157. The van der Waals surface area contributed by atoms with Crippen molar-refractivity contribution >= 4 is 27.6 Å². The van der Waals surface area contributed by atoms with Crippen LogP contribution in [0, 0.1) is 13.8 Å². The molecule has 1 atom stereocenters. The van der Waals surface area contributed by atoms with Crippen molar-refractivity contribution in [1.29, 1.82) is 0 Å². The van der Waals surface area contributed by atoms with E-state index in [4.69, 9.17) is 4.74 Å². The molecule has 0 aromatic carbocycles. The number of hydrogen-bond acceptors (Lipinski definition) is 5. The lowest BCUT2D eigenvalue weighted by Crippen LogP contribution is -2.57. The highest BCUT2D eigenvalue weighted by atomic mass is 79.9. The molecule has 2 rings (SSSR count). The Bertz CT molecular complexity index is 630. The molecule has 1 aromatic heterocycles. The molecular formula is C15H19BrF2N2O3. The molecule has 23 heavy (non-hydrogen) atoms. The number of aliphatic hydroxyl groups is 1. The predicted molar refractivity (Wildman–Crippen MR) is 84.8 cm³/mol. The molecule has 1 aromatic rings. The van der Waals surface area contributed by atoms with Gasteiger partial charge in [-0.05, 0) is 43.6 Å². The molecule has 1 aliphatic rings. The monoisotopic (exact) mass is 392 g/mol. The predicted octanol–water partition coefficient (Wildman–Crippen LogP) is 2.90. The number of esters is 1. The molecule has 0 spiro atoms. The van der Waals surface area contributed by atoms with E-state index in [0.717, 1.165) is 0 Å². The zero-order valence-electron chi connectivity index (χ0n) is 13.4. The molecule has 0 amide bonds. The van der Waals surface area contributed by atoms with E-state index in [1.165, 1.54) is 4.90 Å². The fourth-order valence-electron chi connectivity index (χ4n) is 2.54. The quantitative estimate of drug-likeness (QED) is 0.798. The average molecular weight is 393 g/mol. The van der Waals surface area contributed by atoms with Gasteiger partial charge in [0.2, 0.25) is 0 Å². The number of pyridine rings is 1. The molecule has 8 heteroatoms. The molecule has 1 aliphatic heterocycles. The molecule has 1 N–H and O–H groups in total. The van der Waals surface area contributed by atoms with Crippen LogP contribution < -0.4 is 4.90 Å². The second kappa shape index (κ2) is 6.32. The van der Waals surface area contributed by atoms with E-state index >= 15 is 0 Å². The number of anilines is 1. The molecular weight excluding hydrogens is 374 g/mol. The molecule has 0 aliphatic carbocycles. The Hall–Kier alpha value is -1.28. The van der Waals surface area contributed by atoms with Crippen LogP contribution in [0.5, 0.6) is 0 Å². The molecule has 128 valence electrons. The summed E-state index contributed by atoms with van der Waals surface area (Å²) in [5, 5.41) is 10.4. The van der Waals surface area contributed by atoms with Crippen molar-refractivity contribution < 1.29 is 23.4 Å². The largest absolute Gasteiger partial charge is 0.461 e. The highest BCUT2D eigenvalue weighted by Gasteiger charge is 2.46. The smallest absolute Gasteiger partial charge is 0.340 e. The van der Waals surface area contributed by atoms with Gasteiger partial charge in [-0.1, -0.05) is 0 Å². The van der Waals surface area contributed by atoms with Crippen molar-refractivity contribution in [2.75, 3.05) is 18.0 Å². The number of nitrogens with zero attached hydrogens (tertiary/aromatic N) is 2. The summed E-state index contributed by atoms with van der Waals surface area (Å²) in [5.74, 6) is -3.60.